The lowest BCUT2D eigenvalue weighted by Crippen LogP contribution is -2.18. The summed E-state index contributed by atoms with van der Waals surface area (Å²) >= 11 is 0. The average Bonchev–Trinajstić information content (AvgIpc) is 2.44. The van der Waals surface area contributed by atoms with Crippen molar-refractivity contribution >= 4 is 16.2 Å². The molecule has 0 atom stereocenters. The van der Waals surface area contributed by atoms with Crippen molar-refractivity contribution in [2.45, 2.75) is 11.8 Å². The van der Waals surface area contributed by atoms with Gasteiger partial charge in [0.15, 0.2) is 11.6 Å². The van der Waals surface area contributed by atoms with Crippen molar-refractivity contribution < 1.29 is 17.2 Å². The zero-order valence-corrected chi connectivity index (χ0v) is 11.9. The van der Waals surface area contributed by atoms with Gasteiger partial charge in [0.1, 0.15) is 0 Å². The van der Waals surface area contributed by atoms with Crippen molar-refractivity contribution in [1.82, 2.24) is 4.83 Å². The number of sulfonamides is 1. The van der Waals surface area contributed by atoms with Gasteiger partial charge in [-0.25, -0.2) is 13.6 Å². The summed E-state index contributed by atoms with van der Waals surface area (Å²) in [6.07, 6.45) is 0.907. The molecule has 1 N–H and O–H groups in total. The fourth-order valence-electron chi connectivity index (χ4n) is 1.56. The first-order valence-electron chi connectivity index (χ1n) is 5.96. The number of hydrogen-bond donors (Lipinski definition) is 1. The maximum atomic E-state index is 13.3. The summed E-state index contributed by atoms with van der Waals surface area (Å²) in [5.41, 5.74) is 0.765. The number of aryl methyl sites for hydroxylation is 1. The first-order chi connectivity index (χ1) is 9.90. The predicted molar refractivity (Wildman–Crippen MR) is 75.5 cm³/mol. The lowest BCUT2D eigenvalue weighted by Gasteiger charge is -2.03. The third kappa shape index (κ3) is 3.63. The van der Waals surface area contributed by atoms with Crippen molar-refractivity contribution in [3.05, 3.63) is 65.2 Å². The molecule has 2 aromatic carbocycles. The lowest BCUT2D eigenvalue weighted by atomic mass is 10.2. The molecule has 0 aromatic heterocycles. The van der Waals surface area contributed by atoms with Gasteiger partial charge >= 0.3 is 0 Å². The molecular weight excluding hydrogens is 298 g/mol. The molecule has 7 heteroatoms. The molecule has 0 aliphatic rings. The number of halogens is 2. The van der Waals surface area contributed by atoms with E-state index in [4.69, 9.17) is 0 Å². The minimum absolute atomic E-state index is 0.0324. The van der Waals surface area contributed by atoms with E-state index in [2.05, 4.69) is 5.10 Å². The van der Waals surface area contributed by atoms with Gasteiger partial charge < -0.3 is 0 Å². The van der Waals surface area contributed by atoms with E-state index in [0.717, 1.165) is 17.8 Å². The number of benzene rings is 2. The minimum Gasteiger partial charge on any atom is -0.204 e. The van der Waals surface area contributed by atoms with Crippen molar-refractivity contribution in [3.8, 4) is 0 Å². The Hall–Kier alpha value is -2.28. The highest BCUT2D eigenvalue weighted by Crippen LogP contribution is 2.11. The zero-order valence-electron chi connectivity index (χ0n) is 11.0. The van der Waals surface area contributed by atoms with Crippen molar-refractivity contribution in [1.29, 1.82) is 0 Å². The summed E-state index contributed by atoms with van der Waals surface area (Å²) in [7, 11) is -3.83. The number of hydrogen-bond acceptors (Lipinski definition) is 3. The van der Waals surface area contributed by atoms with E-state index in [1.54, 1.807) is 12.1 Å². The maximum Gasteiger partial charge on any atom is 0.276 e. The maximum absolute atomic E-state index is 13.3. The van der Waals surface area contributed by atoms with Gasteiger partial charge in [-0.2, -0.15) is 13.5 Å². The minimum atomic E-state index is -3.83. The molecule has 0 saturated heterocycles. The Morgan fingerprint density at radius 3 is 2.43 bits per heavy atom. The Morgan fingerprint density at radius 1 is 1.10 bits per heavy atom. The predicted octanol–water partition coefficient (Wildman–Crippen LogP) is 2.59. The smallest absolute Gasteiger partial charge is 0.204 e. The molecule has 21 heavy (non-hydrogen) atoms. The average molecular weight is 310 g/mol. The van der Waals surface area contributed by atoms with Crippen LogP contribution in [0.2, 0.25) is 0 Å². The molecule has 2 aromatic rings. The lowest BCUT2D eigenvalue weighted by molar-refractivity contribution is 0.507. The molecule has 0 radical (unpaired) electrons. The van der Waals surface area contributed by atoms with Crippen LogP contribution in [0.3, 0.4) is 0 Å². The van der Waals surface area contributed by atoms with Crippen molar-refractivity contribution in [2.75, 3.05) is 0 Å². The van der Waals surface area contributed by atoms with Crippen molar-refractivity contribution in [3.63, 3.8) is 0 Å². The molecule has 4 nitrogen and oxygen atoms in total. The molecule has 0 heterocycles. The van der Waals surface area contributed by atoms with Crippen LogP contribution in [0.15, 0.2) is 52.5 Å². The summed E-state index contributed by atoms with van der Waals surface area (Å²) in [5, 5.41) is 3.44. The molecule has 0 fully saturated rings. The molecule has 0 bridgehead atoms. The number of nitrogens with one attached hydrogen (secondary N) is 1. The van der Waals surface area contributed by atoms with E-state index in [0.29, 0.717) is 0 Å². The van der Waals surface area contributed by atoms with Gasteiger partial charge in [0, 0.05) is 5.56 Å². The molecule has 2 rings (SSSR count). The summed E-state index contributed by atoms with van der Waals surface area (Å²) < 4.78 is 50.1. The summed E-state index contributed by atoms with van der Waals surface area (Å²) in [4.78, 5) is 1.97. The van der Waals surface area contributed by atoms with E-state index in [1.165, 1.54) is 24.3 Å². The second-order valence-corrected chi connectivity index (χ2v) is 5.97. The SMILES string of the molecule is Cc1ccc(S(=O)(=O)N/N=C/c2cccc(F)c2F)cc1. The Kier molecular flexibility index (Phi) is 4.32. The third-order valence-electron chi connectivity index (χ3n) is 2.69. The second kappa shape index (κ2) is 6.01. The van der Waals surface area contributed by atoms with Crippen LogP contribution < -0.4 is 4.83 Å². The summed E-state index contributed by atoms with van der Waals surface area (Å²) in [6, 6.07) is 9.68. The first kappa shape index (κ1) is 15.1. The van der Waals surface area contributed by atoms with Gasteiger partial charge in [0.25, 0.3) is 10.0 Å². The molecule has 0 unspecified atom stereocenters. The normalized spacial score (nSPS) is 11.8. The van der Waals surface area contributed by atoms with Crippen LogP contribution in [0.4, 0.5) is 8.78 Å². The van der Waals surface area contributed by atoms with Gasteiger partial charge in [-0.3, -0.25) is 0 Å². The number of rotatable bonds is 4. The molecule has 0 spiro atoms. The van der Waals surface area contributed by atoms with Crippen LogP contribution in [-0.4, -0.2) is 14.6 Å². The number of nitrogens with zero attached hydrogens (tertiary/aromatic N) is 1. The molecule has 0 amide bonds. The van der Waals surface area contributed by atoms with Crippen molar-refractivity contribution in [2.24, 2.45) is 5.10 Å². The standard InChI is InChI=1S/C14H12F2N2O2S/c1-10-5-7-12(8-6-10)21(19,20)18-17-9-11-3-2-4-13(15)14(11)16/h2-9,18H,1H3/b17-9+. The molecule has 0 saturated carbocycles. The largest absolute Gasteiger partial charge is 0.276 e. The summed E-state index contributed by atoms with van der Waals surface area (Å²) in [6.45, 7) is 1.83. The topological polar surface area (TPSA) is 58.5 Å². The Labute approximate surface area is 121 Å². The van der Waals surface area contributed by atoms with Gasteiger partial charge in [-0.1, -0.05) is 29.8 Å². The van der Waals surface area contributed by atoms with E-state index < -0.39 is 21.7 Å². The molecular formula is C14H12F2N2O2S. The quantitative estimate of drug-likeness (QED) is 0.697. The highest BCUT2D eigenvalue weighted by Gasteiger charge is 2.12. The summed E-state index contributed by atoms with van der Waals surface area (Å²) in [5.74, 6) is -2.11. The van der Waals surface area contributed by atoms with Gasteiger partial charge in [-0.05, 0) is 25.1 Å². The van der Waals surface area contributed by atoms with Crippen LogP contribution >= 0.6 is 0 Å². The van der Waals surface area contributed by atoms with E-state index >= 15 is 0 Å². The van der Waals surface area contributed by atoms with E-state index in [9.17, 15) is 17.2 Å². The van der Waals surface area contributed by atoms with E-state index in [1.807, 2.05) is 11.8 Å². The van der Waals surface area contributed by atoms with Crippen LogP contribution in [-0.2, 0) is 10.0 Å². The van der Waals surface area contributed by atoms with Gasteiger partial charge in [-0.15, -0.1) is 0 Å². The fraction of sp³-hybridized carbons (Fsp3) is 0.0714. The first-order valence-corrected chi connectivity index (χ1v) is 7.44. The monoisotopic (exact) mass is 310 g/mol. The van der Waals surface area contributed by atoms with E-state index in [-0.39, 0.29) is 10.5 Å². The Morgan fingerprint density at radius 2 is 1.76 bits per heavy atom. The van der Waals surface area contributed by atoms with Crippen LogP contribution in [0.5, 0.6) is 0 Å². The van der Waals surface area contributed by atoms with Crippen LogP contribution in [0, 0.1) is 18.6 Å². The highest BCUT2D eigenvalue weighted by atomic mass is 32.2. The molecule has 0 aliphatic heterocycles. The zero-order chi connectivity index (χ0) is 15.5. The van der Waals surface area contributed by atoms with Gasteiger partial charge in [0.2, 0.25) is 0 Å². The fourth-order valence-corrected chi connectivity index (χ4v) is 2.35. The Bertz CT molecular complexity index is 772. The second-order valence-electron chi connectivity index (χ2n) is 4.31. The highest BCUT2D eigenvalue weighted by molar-refractivity contribution is 7.89. The van der Waals surface area contributed by atoms with Gasteiger partial charge in [0.05, 0.1) is 11.1 Å². The molecule has 0 aliphatic carbocycles. The third-order valence-corrected chi connectivity index (χ3v) is 3.93. The number of hydrazone groups is 1. The van der Waals surface area contributed by atoms with Crippen LogP contribution in [0.1, 0.15) is 11.1 Å². The van der Waals surface area contributed by atoms with Crippen LogP contribution in [0.25, 0.3) is 0 Å². The Balaban J connectivity index is 2.16. The molecule has 110 valence electrons.